The maximum Gasteiger partial charge on any atom is 0.335 e. The Morgan fingerprint density at radius 3 is 2.39 bits per heavy atom. The van der Waals surface area contributed by atoms with Crippen molar-refractivity contribution in [3.05, 3.63) is 29.8 Å². The van der Waals surface area contributed by atoms with Gasteiger partial charge in [0.05, 0.1) is 0 Å². The van der Waals surface area contributed by atoms with E-state index in [9.17, 15) is 13.2 Å². The van der Waals surface area contributed by atoms with E-state index in [1.165, 1.54) is 0 Å². The molecule has 0 radical (unpaired) electrons. The summed E-state index contributed by atoms with van der Waals surface area (Å²) in [6.45, 7) is 4.09. The van der Waals surface area contributed by atoms with Crippen LogP contribution in [0.5, 0.6) is 0 Å². The average molecular weight is 270 g/mol. The van der Waals surface area contributed by atoms with Gasteiger partial charge in [-0.25, -0.2) is 17.5 Å². The number of thiol groups is 1. The number of hydrogen-bond donors (Lipinski definition) is 2. The Kier molecular flexibility index (Phi) is 5.64. The highest BCUT2D eigenvalue weighted by atomic mass is 32.2. The van der Waals surface area contributed by atoms with E-state index in [1.807, 2.05) is 26.0 Å². The molecule has 5 nitrogen and oxygen atoms in total. The number of nitrogens with zero attached hydrogens (tertiary/aromatic N) is 1. The van der Waals surface area contributed by atoms with Crippen molar-refractivity contribution in [1.29, 1.82) is 0 Å². The van der Waals surface area contributed by atoms with Crippen molar-refractivity contribution in [3.8, 4) is 0 Å². The first-order valence-corrected chi connectivity index (χ1v) is 6.97. The maximum atomic E-state index is 11.8. The molecule has 0 aliphatic rings. The lowest BCUT2D eigenvalue weighted by molar-refractivity contribution is 0.236. The first-order chi connectivity index (χ1) is 8.54. The van der Waals surface area contributed by atoms with E-state index in [2.05, 4.69) is 5.32 Å². The number of carbonyl (C=O) groups is 1. The summed E-state index contributed by atoms with van der Waals surface area (Å²) in [7, 11) is -2.90. The smallest absolute Gasteiger partial charge is 0.307 e. The molecule has 0 fully saturated rings. The first-order valence-electron chi connectivity index (χ1n) is 5.84. The number of hydrogen-bond acceptors (Lipinski definition) is 3. The molecule has 0 unspecified atom stereocenters. The summed E-state index contributed by atoms with van der Waals surface area (Å²) in [5, 5.41) is 2.56. The van der Waals surface area contributed by atoms with Crippen molar-refractivity contribution < 1.29 is 13.2 Å². The Hall–Kier alpha value is -1.56. The molecule has 1 rings (SSSR count). The number of unbranched alkanes of at least 4 members (excludes halogenated alkanes) is 1. The molecule has 0 atom stereocenters. The lowest BCUT2D eigenvalue weighted by Crippen LogP contribution is -2.34. The second-order valence-corrected chi connectivity index (χ2v) is 4.97. The topological polar surface area (TPSA) is 66.5 Å². The number of nitrogens with one attached hydrogen (secondary N) is 1. The SMILES string of the molecule is CCCCN(C(=O)Nc1ccc(C)cc1)[SH](=O)=O. The van der Waals surface area contributed by atoms with Gasteiger partial charge in [0.25, 0.3) is 0 Å². The van der Waals surface area contributed by atoms with Crippen LogP contribution in [-0.4, -0.2) is 25.3 Å². The van der Waals surface area contributed by atoms with Gasteiger partial charge in [0.15, 0.2) is 0 Å². The van der Waals surface area contributed by atoms with E-state index in [0.29, 0.717) is 12.1 Å². The zero-order valence-electron chi connectivity index (χ0n) is 10.5. The molecule has 1 N–H and O–H groups in total. The molecule has 0 saturated heterocycles. The van der Waals surface area contributed by atoms with Crippen LogP contribution < -0.4 is 5.32 Å². The molecule has 0 aliphatic heterocycles. The third kappa shape index (κ3) is 4.37. The molecule has 0 bridgehead atoms. The minimum Gasteiger partial charge on any atom is -0.307 e. The lowest BCUT2D eigenvalue weighted by atomic mass is 10.2. The van der Waals surface area contributed by atoms with Crippen LogP contribution in [-0.2, 0) is 10.9 Å². The zero-order valence-corrected chi connectivity index (χ0v) is 11.4. The Labute approximate surface area is 109 Å². The Morgan fingerprint density at radius 2 is 1.89 bits per heavy atom. The minimum absolute atomic E-state index is 0.215. The van der Waals surface area contributed by atoms with Crippen molar-refractivity contribution in [2.45, 2.75) is 26.7 Å². The highest BCUT2D eigenvalue weighted by Gasteiger charge is 2.14. The van der Waals surface area contributed by atoms with Crippen LogP contribution in [0.15, 0.2) is 24.3 Å². The summed E-state index contributed by atoms with van der Waals surface area (Å²) in [5.41, 5.74) is 1.66. The van der Waals surface area contributed by atoms with Crippen LogP contribution >= 0.6 is 0 Å². The zero-order chi connectivity index (χ0) is 13.5. The summed E-state index contributed by atoms with van der Waals surface area (Å²) in [6, 6.07) is 6.57. The quantitative estimate of drug-likeness (QED) is 0.806. The Balaban J connectivity index is 2.69. The van der Waals surface area contributed by atoms with Crippen molar-refractivity contribution in [2.24, 2.45) is 0 Å². The molecule has 0 saturated carbocycles. The number of benzene rings is 1. The van der Waals surface area contributed by atoms with E-state index in [0.717, 1.165) is 16.3 Å². The second-order valence-electron chi connectivity index (χ2n) is 4.01. The average Bonchev–Trinajstić information content (AvgIpc) is 2.32. The molecule has 1 aromatic rings. The molecule has 0 aliphatic carbocycles. The highest BCUT2D eigenvalue weighted by Crippen LogP contribution is 2.10. The van der Waals surface area contributed by atoms with Gasteiger partial charge in [0.2, 0.25) is 10.9 Å². The number of carbonyl (C=O) groups excluding carboxylic acids is 1. The summed E-state index contributed by atoms with van der Waals surface area (Å²) in [5.74, 6) is 0. The fourth-order valence-corrected chi connectivity index (χ4v) is 1.89. The molecule has 2 amide bonds. The van der Waals surface area contributed by atoms with E-state index in [4.69, 9.17) is 0 Å². The summed E-state index contributed by atoms with van der Waals surface area (Å²) in [6.07, 6.45) is 1.49. The van der Waals surface area contributed by atoms with E-state index < -0.39 is 16.9 Å². The molecular formula is C12H18N2O3S. The van der Waals surface area contributed by atoms with Crippen molar-refractivity contribution in [2.75, 3.05) is 11.9 Å². The predicted octanol–water partition coefficient (Wildman–Crippen LogP) is 2.16. The molecular weight excluding hydrogens is 252 g/mol. The van der Waals surface area contributed by atoms with E-state index in [-0.39, 0.29) is 6.54 Å². The first kappa shape index (κ1) is 14.5. The molecule has 18 heavy (non-hydrogen) atoms. The van der Waals surface area contributed by atoms with Crippen LogP contribution in [0.3, 0.4) is 0 Å². The highest BCUT2D eigenvalue weighted by molar-refractivity contribution is 7.70. The maximum absolute atomic E-state index is 11.8. The molecule has 0 heterocycles. The van der Waals surface area contributed by atoms with Gasteiger partial charge in [-0.2, -0.15) is 0 Å². The number of aryl methyl sites for hydroxylation is 1. The van der Waals surface area contributed by atoms with Crippen molar-refractivity contribution >= 4 is 22.6 Å². The Morgan fingerprint density at radius 1 is 1.28 bits per heavy atom. The van der Waals surface area contributed by atoms with Gasteiger partial charge >= 0.3 is 6.03 Å². The third-order valence-electron chi connectivity index (χ3n) is 2.46. The lowest BCUT2D eigenvalue weighted by Gasteiger charge is -2.16. The standard InChI is InChI=1S/C12H18N2O3S/c1-3-4-9-14(18(16)17)12(15)13-11-7-5-10(2)6-8-11/h5-8,18H,3-4,9H2,1-2H3,(H,13,15). The van der Waals surface area contributed by atoms with Gasteiger partial charge < -0.3 is 5.32 Å². The monoisotopic (exact) mass is 270 g/mol. The summed E-state index contributed by atoms with van der Waals surface area (Å²) >= 11 is 0. The molecule has 100 valence electrons. The largest absolute Gasteiger partial charge is 0.335 e. The van der Waals surface area contributed by atoms with E-state index >= 15 is 0 Å². The number of rotatable bonds is 5. The van der Waals surface area contributed by atoms with Gasteiger partial charge in [-0.05, 0) is 25.5 Å². The third-order valence-corrected chi connectivity index (χ3v) is 3.23. The van der Waals surface area contributed by atoms with Gasteiger partial charge in [0, 0.05) is 12.2 Å². The van der Waals surface area contributed by atoms with E-state index in [1.54, 1.807) is 12.1 Å². The van der Waals surface area contributed by atoms with Crippen LogP contribution in [0, 0.1) is 6.92 Å². The fraction of sp³-hybridized carbons (Fsp3) is 0.417. The predicted molar refractivity (Wildman–Crippen MR) is 72.1 cm³/mol. The molecule has 1 aromatic carbocycles. The van der Waals surface area contributed by atoms with Crippen LogP contribution in [0.25, 0.3) is 0 Å². The summed E-state index contributed by atoms with van der Waals surface area (Å²) in [4.78, 5) is 11.8. The fourth-order valence-electron chi connectivity index (χ4n) is 1.39. The number of anilines is 1. The van der Waals surface area contributed by atoms with Gasteiger partial charge in [-0.3, -0.25) is 0 Å². The summed E-state index contributed by atoms with van der Waals surface area (Å²) < 4.78 is 22.8. The van der Waals surface area contributed by atoms with Gasteiger partial charge in [-0.1, -0.05) is 31.0 Å². The van der Waals surface area contributed by atoms with Crippen molar-refractivity contribution in [1.82, 2.24) is 4.31 Å². The molecule has 6 heteroatoms. The van der Waals surface area contributed by atoms with Crippen LogP contribution in [0.2, 0.25) is 0 Å². The number of urea groups is 1. The molecule has 0 spiro atoms. The van der Waals surface area contributed by atoms with Crippen LogP contribution in [0.1, 0.15) is 25.3 Å². The minimum atomic E-state index is -2.90. The second kappa shape index (κ2) is 7.00. The van der Waals surface area contributed by atoms with Crippen LogP contribution in [0.4, 0.5) is 10.5 Å². The van der Waals surface area contributed by atoms with Gasteiger partial charge in [-0.15, -0.1) is 0 Å². The number of amides is 2. The Bertz CT molecular complexity index is 461. The van der Waals surface area contributed by atoms with Crippen molar-refractivity contribution in [3.63, 3.8) is 0 Å². The van der Waals surface area contributed by atoms with Gasteiger partial charge in [0.1, 0.15) is 0 Å². The molecule has 0 aromatic heterocycles. The normalized spacial score (nSPS) is 10.4.